The summed E-state index contributed by atoms with van der Waals surface area (Å²) in [6.45, 7) is 0.801. The van der Waals surface area contributed by atoms with E-state index in [4.69, 9.17) is 26.8 Å². The van der Waals surface area contributed by atoms with Gasteiger partial charge in [0, 0.05) is 23.8 Å². The Morgan fingerprint density at radius 1 is 1.11 bits per heavy atom. The van der Waals surface area contributed by atoms with Crippen LogP contribution in [-0.4, -0.2) is 51.4 Å². The largest absolute Gasteiger partial charge is 0.496 e. The molecule has 0 unspecified atom stereocenters. The first-order chi connectivity index (χ1) is 18.4. The number of thiocarbonyl (C=S) groups is 1. The van der Waals surface area contributed by atoms with Gasteiger partial charge in [-0.25, -0.2) is 4.79 Å². The highest BCUT2D eigenvalue weighted by Crippen LogP contribution is 2.36. The minimum Gasteiger partial charge on any atom is -0.496 e. The molecule has 0 saturated carbocycles. The van der Waals surface area contributed by atoms with E-state index in [1.54, 1.807) is 24.1 Å². The van der Waals surface area contributed by atoms with Gasteiger partial charge in [0.25, 0.3) is 5.91 Å². The monoisotopic (exact) mass is 544 g/mol. The maximum absolute atomic E-state index is 13.1. The zero-order valence-electron chi connectivity index (χ0n) is 20.5. The zero-order valence-corrected chi connectivity index (χ0v) is 22.1. The fraction of sp³-hybridized carbons (Fsp3) is 0.138. The number of aromatic carboxylic acids is 1. The molecule has 0 spiro atoms. The average Bonchev–Trinajstić information content (AvgIpc) is 3.50. The van der Waals surface area contributed by atoms with Crippen LogP contribution >= 0.6 is 24.0 Å². The Hall–Kier alpha value is -4.08. The standard InChI is InChI=1S/C29H24N2O5S2/c1-35-25-10-3-18(15-23(25)20-6-9-24-21(17-20)11-12-30-24)16-26-27(32)31(29(37)38-26)13-2-14-36-22-7-4-19(5-8-22)28(33)34/h3-12,15-17,30H,2,13-14H2,1H3,(H,33,34). The van der Waals surface area contributed by atoms with E-state index in [-0.39, 0.29) is 11.5 Å². The second-order valence-electron chi connectivity index (χ2n) is 8.60. The highest BCUT2D eigenvalue weighted by molar-refractivity contribution is 8.26. The van der Waals surface area contributed by atoms with Gasteiger partial charge in [-0.05, 0) is 83.6 Å². The Labute approximate surface area is 229 Å². The quantitative estimate of drug-likeness (QED) is 0.147. The molecular formula is C29H24N2O5S2. The second kappa shape index (κ2) is 11.1. The number of amides is 1. The van der Waals surface area contributed by atoms with Crippen LogP contribution in [0.5, 0.6) is 11.5 Å². The van der Waals surface area contributed by atoms with E-state index >= 15 is 0 Å². The van der Waals surface area contributed by atoms with Gasteiger partial charge in [-0.2, -0.15) is 0 Å². The lowest BCUT2D eigenvalue weighted by atomic mass is 10.0. The molecule has 0 bridgehead atoms. The van der Waals surface area contributed by atoms with Crippen molar-refractivity contribution in [3.8, 4) is 22.6 Å². The number of rotatable bonds is 9. The molecule has 0 radical (unpaired) electrons. The van der Waals surface area contributed by atoms with Crippen LogP contribution in [0.15, 0.2) is 77.8 Å². The Balaban J connectivity index is 1.26. The van der Waals surface area contributed by atoms with Crippen molar-refractivity contribution < 1.29 is 24.2 Å². The van der Waals surface area contributed by atoms with Gasteiger partial charge in [0.05, 0.1) is 24.2 Å². The summed E-state index contributed by atoms with van der Waals surface area (Å²) >= 11 is 6.77. The number of nitrogens with zero attached hydrogens (tertiary/aromatic N) is 1. The number of carboxylic acid groups (broad SMARTS) is 1. The zero-order chi connectivity index (χ0) is 26.6. The third-order valence-electron chi connectivity index (χ3n) is 6.16. The molecule has 5 rings (SSSR count). The first-order valence-electron chi connectivity index (χ1n) is 11.9. The molecule has 0 aliphatic carbocycles. The van der Waals surface area contributed by atoms with Gasteiger partial charge in [-0.15, -0.1) is 0 Å². The summed E-state index contributed by atoms with van der Waals surface area (Å²) < 4.78 is 11.8. The third kappa shape index (κ3) is 5.44. The lowest BCUT2D eigenvalue weighted by Crippen LogP contribution is -2.29. The SMILES string of the molecule is COc1ccc(C=C2SC(=S)N(CCCOc3ccc(C(=O)O)cc3)C2=O)cc1-c1ccc2[nH]ccc2c1. The lowest BCUT2D eigenvalue weighted by Gasteiger charge is -2.14. The minimum absolute atomic E-state index is 0.128. The van der Waals surface area contributed by atoms with Crippen LogP contribution < -0.4 is 9.47 Å². The van der Waals surface area contributed by atoms with Crippen LogP contribution in [0, 0.1) is 0 Å². The predicted molar refractivity (Wildman–Crippen MR) is 154 cm³/mol. The Morgan fingerprint density at radius 2 is 1.92 bits per heavy atom. The number of carbonyl (C=O) groups is 2. The lowest BCUT2D eigenvalue weighted by molar-refractivity contribution is -0.122. The molecule has 1 aliphatic rings. The number of hydrogen-bond donors (Lipinski definition) is 2. The second-order valence-corrected chi connectivity index (χ2v) is 10.3. The normalized spacial score (nSPS) is 14.4. The number of H-pyrrole nitrogens is 1. The van der Waals surface area contributed by atoms with E-state index < -0.39 is 5.97 Å². The number of methoxy groups -OCH3 is 1. The smallest absolute Gasteiger partial charge is 0.335 e. The fourth-order valence-corrected chi connectivity index (χ4v) is 5.52. The molecule has 2 N–H and O–H groups in total. The first kappa shape index (κ1) is 25.6. The van der Waals surface area contributed by atoms with Gasteiger partial charge in [0.15, 0.2) is 0 Å². The molecule has 4 aromatic rings. The highest BCUT2D eigenvalue weighted by atomic mass is 32.2. The summed E-state index contributed by atoms with van der Waals surface area (Å²) in [5, 5.41) is 10.1. The summed E-state index contributed by atoms with van der Waals surface area (Å²) in [6.07, 6.45) is 4.35. The average molecular weight is 545 g/mol. The Morgan fingerprint density at radius 3 is 2.68 bits per heavy atom. The Bertz CT molecular complexity index is 1560. The molecule has 3 aromatic carbocycles. The summed E-state index contributed by atoms with van der Waals surface area (Å²) in [5.41, 5.74) is 4.10. The summed E-state index contributed by atoms with van der Waals surface area (Å²) in [6, 6.07) is 20.3. The third-order valence-corrected chi connectivity index (χ3v) is 7.53. The molecule has 1 aliphatic heterocycles. The van der Waals surface area contributed by atoms with Crippen LogP contribution in [0.25, 0.3) is 28.1 Å². The van der Waals surface area contributed by atoms with Gasteiger partial charge in [-0.3, -0.25) is 9.69 Å². The number of fused-ring (bicyclic) bond motifs is 1. The van der Waals surface area contributed by atoms with Crippen LogP contribution in [0.3, 0.4) is 0 Å². The number of thioether (sulfide) groups is 1. The van der Waals surface area contributed by atoms with Crippen molar-refractivity contribution in [2.45, 2.75) is 6.42 Å². The van der Waals surface area contributed by atoms with Crippen molar-refractivity contribution in [2.24, 2.45) is 0 Å². The van der Waals surface area contributed by atoms with Gasteiger partial charge in [-0.1, -0.05) is 36.1 Å². The van der Waals surface area contributed by atoms with E-state index in [9.17, 15) is 9.59 Å². The van der Waals surface area contributed by atoms with Gasteiger partial charge in [0.2, 0.25) is 0 Å². The van der Waals surface area contributed by atoms with Gasteiger partial charge >= 0.3 is 5.97 Å². The topological polar surface area (TPSA) is 91.9 Å². The van der Waals surface area contributed by atoms with Gasteiger partial charge in [0.1, 0.15) is 15.8 Å². The summed E-state index contributed by atoms with van der Waals surface area (Å²) in [5.74, 6) is 0.216. The van der Waals surface area contributed by atoms with Gasteiger partial charge < -0.3 is 19.6 Å². The van der Waals surface area contributed by atoms with Crippen molar-refractivity contribution >= 4 is 57.2 Å². The molecule has 9 heteroatoms. The molecule has 1 fully saturated rings. The molecule has 192 valence electrons. The van der Waals surface area contributed by atoms with E-state index in [2.05, 4.69) is 11.1 Å². The number of aromatic amines is 1. The minimum atomic E-state index is -0.983. The molecule has 38 heavy (non-hydrogen) atoms. The predicted octanol–water partition coefficient (Wildman–Crippen LogP) is 6.21. The van der Waals surface area contributed by atoms with E-state index in [1.165, 1.54) is 23.9 Å². The summed E-state index contributed by atoms with van der Waals surface area (Å²) in [7, 11) is 1.65. The van der Waals surface area contributed by atoms with E-state index in [0.717, 1.165) is 33.3 Å². The number of aromatic nitrogens is 1. The van der Waals surface area contributed by atoms with Crippen molar-refractivity contribution in [3.05, 3.63) is 89.0 Å². The number of carbonyl (C=O) groups excluding carboxylic acids is 1. The maximum Gasteiger partial charge on any atom is 0.335 e. The van der Waals surface area contributed by atoms with Crippen molar-refractivity contribution in [1.82, 2.24) is 9.88 Å². The van der Waals surface area contributed by atoms with Crippen LogP contribution in [-0.2, 0) is 4.79 Å². The molecule has 1 amide bonds. The molecular weight excluding hydrogens is 520 g/mol. The molecule has 0 atom stereocenters. The molecule has 1 saturated heterocycles. The highest BCUT2D eigenvalue weighted by Gasteiger charge is 2.31. The number of carboxylic acids is 1. The van der Waals surface area contributed by atoms with Crippen molar-refractivity contribution in [3.63, 3.8) is 0 Å². The number of nitrogens with one attached hydrogen (secondary N) is 1. The number of hydrogen-bond acceptors (Lipinski definition) is 6. The summed E-state index contributed by atoms with van der Waals surface area (Å²) in [4.78, 5) is 29.4. The molecule has 1 aromatic heterocycles. The van der Waals surface area contributed by atoms with Crippen LogP contribution in [0.1, 0.15) is 22.3 Å². The Kier molecular flexibility index (Phi) is 7.48. The van der Waals surface area contributed by atoms with Crippen molar-refractivity contribution in [1.29, 1.82) is 0 Å². The number of ether oxygens (including phenoxy) is 2. The number of benzene rings is 3. The first-order valence-corrected chi connectivity index (χ1v) is 13.1. The maximum atomic E-state index is 13.1. The van der Waals surface area contributed by atoms with Crippen LogP contribution in [0.4, 0.5) is 0 Å². The molecule has 7 nitrogen and oxygen atoms in total. The molecule has 2 heterocycles. The van der Waals surface area contributed by atoms with E-state index in [0.29, 0.717) is 34.5 Å². The van der Waals surface area contributed by atoms with E-state index in [1.807, 2.05) is 48.7 Å². The van der Waals surface area contributed by atoms with Crippen LogP contribution in [0.2, 0.25) is 0 Å². The van der Waals surface area contributed by atoms with Crippen molar-refractivity contribution in [2.75, 3.05) is 20.3 Å². The fourth-order valence-electron chi connectivity index (χ4n) is 4.21.